The lowest BCUT2D eigenvalue weighted by atomic mass is 10.1. The van der Waals surface area contributed by atoms with E-state index >= 15 is 0 Å². The Morgan fingerprint density at radius 1 is 1.32 bits per heavy atom. The third kappa shape index (κ3) is 4.80. The van der Waals surface area contributed by atoms with Gasteiger partial charge in [0.1, 0.15) is 12.3 Å². The Balaban J connectivity index is 2.78. The van der Waals surface area contributed by atoms with Crippen molar-refractivity contribution in [1.29, 1.82) is 0 Å². The number of carbonyl (C=O) groups is 2. The Labute approximate surface area is 111 Å². The highest BCUT2D eigenvalue weighted by atomic mass is 32.2. The van der Waals surface area contributed by atoms with Crippen LogP contribution in [-0.2, 0) is 19.6 Å². The van der Waals surface area contributed by atoms with Crippen molar-refractivity contribution < 1.29 is 23.1 Å². The lowest BCUT2D eigenvalue weighted by Crippen LogP contribution is -2.40. The summed E-state index contributed by atoms with van der Waals surface area (Å²) < 4.78 is 26.0. The molecule has 0 amide bonds. The zero-order valence-corrected chi connectivity index (χ0v) is 11.0. The molecule has 0 aliphatic carbocycles. The van der Waals surface area contributed by atoms with Crippen molar-refractivity contribution >= 4 is 22.3 Å². The van der Waals surface area contributed by atoms with Crippen LogP contribution in [-0.4, -0.2) is 31.8 Å². The number of aldehydes is 1. The molecule has 0 saturated heterocycles. The molecule has 0 spiro atoms. The lowest BCUT2D eigenvalue weighted by molar-refractivity contribution is -0.139. The van der Waals surface area contributed by atoms with Crippen LogP contribution >= 0.6 is 0 Å². The van der Waals surface area contributed by atoms with Crippen LogP contribution in [0.2, 0.25) is 0 Å². The molecular weight excluding hydrogens is 270 g/mol. The molecule has 0 fully saturated rings. The third-order valence-electron chi connectivity index (χ3n) is 2.46. The first-order valence-corrected chi connectivity index (χ1v) is 7.19. The molecule has 1 atom stereocenters. The van der Waals surface area contributed by atoms with Crippen LogP contribution < -0.4 is 4.72 Å². The maximum absolute atomic E-state index is 11.9. The molecule has 2 N–H and O–H groups in total. The Bertz CT molecular complexity index is 526. The minimum absolute atomic E-state index is 0.0108. The van der Waals surface area contributed by atoms with E-state index < -0.39 is 22.0 Å². The van der Waals surface area contributed by atoms with E-state index in [-0.39, 0.29) is 17.7 Å². The van der Waals surface area contributed by atoms with E-state index in [1.807, 2.05) is 0 Å². The summed E-state index contributed by atoms with van der Waals surface area (Å²) in [5, 5.41) is 8.97. The molecule has 6 nitrogen and oxygen atoms in total. The van der Waals surface area contributed by atoms with Crippen molar-refractivity contribution in [3.05, 3.63) is 30.3 Å². The van der Waals surface area contributed by atoms with Gasteiger partial charge < -0.3 is 9.90 Å². The van der Waals surface area contributed by atoms with Gasteiger partial charge in [-0.3, -0.25) is 4.79 Å². The highest BCUT2D eigenvalue weighted by molar-refractivity contribution is 7.89. The first-order chi connectivity index (χ1) is 8.97. The minimum Gasteiger partial charge on any atom is -0.480 e. The van der Waals surface area contributed by atoms with Gasteiger partial charge in [-0.15, -0.1) is 0 Å². The molecule has 19 heavy (non-hydrogen) atoms. The van der Waals surface area contributed by atoms with Gasteiger partial charge in [-0.1, -0.05) is 18.2 Å². The predicted molar refractivity (Wildman–Crippen MR) is 68.1 cm³/mol. The van der Waals surface area contributed by atoms with E-state index in [4.69, 9.17) is 5.11 Å². The minimum atomic E-state index is -3.86. The predicted octanol–water partition coefficient (Wildman–Crippen LogP) is 0.787. The smallest absolute Gasteiger partial charge is 0.321 e. The number of carboxylic acid groups (broad SMARTS) is 1. The van der Waals surface area contributed by atoms with Crippen molar-refractivity contribution in [3.8, 4) is 0 Å². The van der Waals surface area contributed by atoms with Crippen molar-refractivity contribution in [1.82, 2.24) is 4.72 Å². The molecular formula is C12H15NO5S. The molecule has 0 aromatic heterocycles. The van der Waals surface area contributed by atoms with E-state index in [9.17, 15) is 18.0 Å². The number of carboxylic acids is 1. The van der Waals surface area contributed by atoms with Gasteiger partial charge in [-0.2, -0.15) is 4.72 Å². The fourth-order valence-corrected chi connectivity index (χ4v) is 2.74. The fraction of sp³-hybridized carbons (Fsp3) is 0.333. The number of unbranched alkanes of at least 4 members (excludes halogenated alkanes) is 1. The quantitative estimate of drug-likeness (QED) is 0.543. The van der Waals surface area contributed by atoms with Gasteiger partial charge >= 0.3 is 5.97 Å². The normalized spacial score (nSPS) is 12.8. The zero-order valence-electron chi connectivity index (χ0n) is 10.2. The maximum Gasteiger partial charge on any atom is 0.321 e. The Hall–Kier alpha value is -1.73. The van der Waals surface area contributed by atoms with Gasteiger partial charge in [0.15, 0.2) is 0 Å². The molecule has 104 valence electrons. The van der Waals surface area contributed by atoms with Gasteiger partial charge in [0.05, 0.1) is 4.90 Å². The monoisotopic (exact) mass is 285 g/mol. The van der Waals surface area contributed by atoms with Crippen LogP contribution in [0.5, 0.6) is 0 Å². The van der Waals surface area contributed by atoms with Crippen LogP contribution in [0.3, 0.4) is 0 Å². The Morgan fingerprint density at radius 2 is 1.95 bits per heavy atom. The molecule has 1 rings (SSSR count). The van der Waals surface area contributed by atoms with Crippen LogP contribution in [0.15, 0.2) is 35.2 Å². The summed E-state index contributed by atoms with van der Waals surface area (Å²) in [4.78, 5) is 21.2. The summed E-state index contributed by atoms with van der Waals surface area (Å²) >= 11 is 0. The average Bonchev–Trinajstić information content (AvgIpc) is 2.38. The highest BCUT2D eigenvalue weighted by Gasteiger charge is 2.24. The molecule has 0 aliphatic heterocycles. The SMILES string of the molecule is O=CCCCC(NS(=O)(=O)c1ccccc1)C(=O)O. The van der Waals surface area contributed by atoms with E-state index in [1.54, 1.807) is 18.2 Å². The Kier molecular flexibility index (Phi) is 5.65. The van der Waals surface area contributed by atoms with Gasteiger partial charge in [0.25, 0.3) is 0 Å². The van der Waals surface area contributed by atoms with Crippen LogP contribution in [0, 0.1) is 0 Å². The number of sulfonamides is 1. The van der Waals surface area contributed by atoms with Gasteiger partial charge in [-0.05, 0) is 25.0 Å². The maximum atomic E-state index is 11.9. The van der Waals surface area contributed by atoms with Crippen LogP contribution in [0.1, 0.15) is 19.3 Å². The van der Waals surface area contributed by atoms with E-state index in [2.05, 4.69) is 4.72 Å². The van der Waals surface area contributed by atoms with E-state index in [0.29, 0.717) is 12.7 Å². The second-order valence-electron chi connectivity index (χ2n) is 3.92. The molecule has 0 radical (unpaired) electrons. The van der Waals surface area contributed by atoms with E-state index in [1.165, 1.54) is 12.1 Å². The van der Waals surface area contributed by atoms with Gasteiger partial charge in [0, 0.05) is 6.42 Å². The average molecular weight is 285 g/mol. The van der Waals surface area contributed by atoms with Crippen molar-refractivity contribution in [2.45, 2.75) is 30.2 Å². The second-order valence-corrected chi connectivity index (χ2v) is 5.64. The molecule has 1 aromatic rings. The van der Waals surface area contributed by atoms with Gasteiger partial charge in [-0.25, -0.2) is 8.42 Å². The summed E-state index contributed by atoms with van der Waals surface area (Å²) in [7, 11) is -3.86. The lowest BCUT2D eigenvalue weighted by Gasteiger charge is -2.14. The molecule has 1 unspecified atom stereocenters. The summed E-state index contributed by atoms with van der Waals surface area (Å²) in [6, 6.07) is 6.30. The molecule has 0 aliphatic rings. The Morgan fingerprint density at radius 3 is 2.47 bits per heavy atom. The van der Waals surface area contributed by atoms with E-state index in [0.717, 1.165) is 0 Å². The first-order valence-electron chi connectivity index (χ1n) is 5.71. The largest absolute Gasteiger partial charge is 0.480 e. The number of carbonyl (C=O) groups excluding carboxylic acids is 1. The number of aliphatic carboxylic acids is 1. The zero-order chi connectivity index (χ0) is 14.3. The molecule has 7 heteroatoms. The van der Waals surface area contributed by atoms with Crippen LogP contribution in [0.25, 0.3) is 0 Å². The molecule has 1 aromatic carbocycles. The summed E-state index contributed by atoms with van der Waals surface area (Å²) in [5.74, 6) is -1.26. The van der Waals surface area contributed by atoms with Crippen LogP contribution in [0.4, 0.5) is 0 Å². The van der Waals surface area contributed by atoms with Crippen molar-refractivity contribution in [2.75, 3.05) is 0 Å². The summed E-state index contributed by atoms with van der Waals surface area (Å²) in [6.45, 7) is 0. The number of rotatable bonds is 8. The number of benzene rings is 1. The summed E-state index contributed by atoms with van der Waals surface area (Å²) in [6.07, 6.45) is 1.26. The first kappa shape index (κ1) is 15.3. The number of nitrogens with one attached hydrogen (secondary N) is 1. The third-order valence-corrected chi connectivity index (χ3v) is 3.95. The molecule has 0 saturated carbocycles. The highest BCUT2D eigenvalue weighted by Crippen LogP contribution is 2.10. The fourth-order valence-electron chi connectivity index (χ4n) is 1.49. The van der Waals surface area contributed by atoms with Gasteiger partial charge in [0.2, 0.25) is 10.0 Å². The molecule has 0 bridgehead atoms. The topological polar surface area (TPSA) is 101 Å². The second kappa shape index (κ2) is 7.01. The number of hydrogen-bond acceptors (Lipinski definition) is 4. The van der Waals surface area contributed by atoms with Crippen molar-refractivity contribution in [2.24, 2.45) is 0 Å². The standard InChI is InChI=1S/C12H15NO5S/c14-9-5-4-8-11(12(15)16)13-19(17,18)10-6-2-1-3-7-10/h1-3,6-7,9,11,13H,4-5,8H2,(H,15,16). The summed E-state index contributed by atoms with van der Waals surface area (Å²) in [5.41, 5.74) is 0. The van der Waals surface area contributed by atoms with Crippen molar-refractivity contribution in [3.63, 3.8) is 0 Å². The number of hydrogen-bond donors (Lipinski definition) is 2. The molecule has 0 heterocycles.